The van der Waals surface area contributed by atoms with Crippen LogP contribution < -0.4 is 0 Å². The molecule has 0 N–H and O–H groups in total. The van der Waals surface area contributed by atoms with Crippen LogP contribution in [0, 0.1) is 6.92 Å². The lowest BCUT2D eigenvalue weighted by Crippen LogP contribution is -1.86. The molecule has 15 heavy (non-hydrogen) atoms. The van der Waals surface area contributed by atoms with Gasteiger partial charge in [0.15, 0.2) is 0 Å². The fourth-order valence-corrected chi connectivity index (χ4v) is 3.33. The second kappa shape index (κ2) is 4.40. The van der Waals surface area contributed by atoms with Gasteiger partial charge in [-0.25, -0.2) is 4.45 Å². The van der Waals surface area contributed by atoms with E-state index in [2.05, 4.69) is 39.8 Å². The zero-order valence-corrected chi connectivity index (χ0v) is 12.0. The van der Waals surface area contributed by atoms with Crippen molar-refractivity contribution in [1.82, 2.24) is 9.55 Å². The molecule has 0 aliphatic carbocycles. The van der Waals surface area contributed by atoms with E-state index in [9.17, 15) is 0 Å². The highest BCUT2D eigenvalue weighted by Crippen LogP contribution is 2.34. The van der Waals surface area contributed by atoms with Crippen molar-refractivity contribution in [3.63, 3.8) is 0 Å². The standard InChI is InChI=1S/C10H9ClIN2P/c1-3-7-8-5-13-14(15-12)9(8)4-6(2)10(7)11/h3-5,15H,1H2,2H3. The van der Waals surface area contributed by atoms with Gasteiger partial charge in [-0.05, 0) is 40.6 Å². The Balaban J connectivity index is 2.89. The van der Waals surface area contributed by atoms with Gasteiger partial charge in [0.25, 0.3) is 0 Å². The molecule has 0 spiro atoms. The number of nitrogens with zero attached hydrogens (tertiary/aromatic N) is 2. The average Bonchev–Trinajstić information content (AvgIpc) is 2.62. The van der Waals surface area contributed by atoms with E-state index in [0.717, 1.165) is 27.1 Å². The molecule has 0 saturated carbocycles. The minimum atomic E-state index is 0.597. The third-order valence-corrected chi connectivity index (χ3v) is 4.71. The normalized spacial score (nSPS) is 11.7. The molecule has 1 aromatic heterocycles. The Hall–Kier alpha value is -0.120. The number of rotatable bonds is 2. The zero-order valence-electron chi connectivity index (χ0n) is 8.09. The fraction of sp³-hybridized carbons (Fsp3) is 0.100. The van der Waals surface area contributed by atoms with Gasteiger partial charge < -0.3 is 0 Å². The summed E-state index contributed by atoms with van der Waals surface area (Å²) in [5.41, 5.74) is 3.17. The van der Waals surface area contributed by atoms with Crippen molar-refractivity contribution in [2.24, 2.45) is 0 Å². The van der Waals surface area contributed by atoms with Crippen LogP contribution in [0.5, 0.6) is 0 Å². The van der Waals surface area contributed by atoms with Crippen LogP contribution in [-0.2, 0) is 0 Å². The van der Waals surface area contributed by atoms with Crippen molar-refractivity contribution >= 4 is 57.0 Å². The van der Waals surface area contributed by atoms with Gasteiger partial charge in [0, 0.05) is 10.9 Å². The lowest BCUT2D eigenvalue weighted by atomic mass is 10.1. The van der Waals surface area contributed by atoms with Gasteiger partial charge in [0.05, 0.1) is 23.1 Å². The van der Waals surface area contributed by atoms with Gasteiger partial charge in [-0.3, -0.25) is 0 Å². The van der Waals surface area contributed by atoms with Gasteiger partial charge in [0.2, 0.25) is 0 Å². The SMILES string of the molecule is C=Cc1c(Cl)c(C)cc2c1cnn2PI. The molecule has 2 rings (SSSR count). The molecule has 0 fully saturated rings. The van der Waals surface area contributed by atoms with Crippen molar-refractivity contribution in [1.29, 1.82) is 0 Å². The van der Waals surface area contributed by atoms with E-state index in [4.69, 9.17) is 11.6 Å². The minimum absolute atomic E-state index is 0.597. The summed E-state index contributed by atoms with van der Waals surface area (Å²) < 4.78 is 1.98. The second-order valence-electron chi connectivity index (χ2n) is 3.20. The van der Waals surface area contributed by atoms with Gasteiger partial charge in [-0.1, -0.05) is 24.3 Å². The van der Waals surface area contributed by atoms with Gasteiger partial charge in [-0.2, -0.15) is 5.10 Å². The molecule has 0 saturated heterocycles. The molecule has 78 valence electrons. The Morgan fingerprint density at radius 1 is 1.67 bits per heavy atom. The van der Waals surface area contributed by atoms with Crippen LogP contribution in [-0.4, -0.2) is 9.55 Å². The second-order valence-corrected chi connectivity index (χ2v) is 5.62. The molecule has 0 aliphatic heterocycles. The first-order chi connectivity index (χ1) is 7.19. The van der Waals surface area contributed by atoms with Crippen LogP contribution >= 0.6 is 40.0 Å². The van der Waals surface area contributed by atoms with Gasteiger partial charge in [0.1, 0.15) is 0 Å². The Kier molecular flexibility index (Phi) is 3.33. The smallest absolute Gasteiger partial charge is 0.0739 e. The summed E-state index contributed by atoms with van der Waals surface area (Å²) in [5, 5.41) is 6.17. The molecule has 0 bridgehead atoms. The van der Waals surface area contributed by atoms with Crippen LogP contribution in [0.2, 0.25) is 5.02 Å². The van der Waals surface area contributed by atoms with Crippen molar-refractivity contribution in [3.05, 3.63) is 35.0 Å². The largest absolute Gasteiger partial charge is 0.237 e. The fourth-order valence-electron chi connectivity index (χ4n) is 1.57. The highest BCUT2D eigenvalue weighted by atomic mass is 127. The van der Waals surface area contributed by atoms with E-state index in [1.165, 1.54) is 0 Å². The third kappa shape index (κ3) is 1.81. The number of fused-ring (bicyclic) bond motifs is 1. The maximum atomic E-state index is 6.22. The minimum Gasteiger partial charge on any atom is -0.237 e. The summed E-state index contributed by atoms with van der Waals surface area (Å²) >= 11 is 8.53. The summed E-state index contributed by atoms with van der Waals surface area (Å²) in [5.74, 6) is 0. The molecule has 5 heteroatoms. The van der Waals surface area contributed by atoms with Crippen LogP contribution in [0.15, 0.2) is 18.8 Å². The van der Waals surface area contributed by atoms with Crippen LogP contribution in [0.4, 0.5) is 0 Å². The molecular weight excluding hydrogens is 341 g/mol. The number of hydrogen-bond donors (Lipinski definition) is 0. The van der Waals surface area contributed by atoms with E-state index in [1.807, 2.05) is 17.6 Å². The van der Waals surface area contributed by atoms with Gasteiger partial charge >= 0.3 is 0 Å². The molecule has 0 amide bonds. The van der Waals surface area contributed by atoms with E-state index < -0.39 is 0 Å². The first-order valence-corrected chi connectivity index (χ1v) is 8.79. The molecule has 2 aromatic rings. The quantitative estimate of drug-likeness (QED) is 0.579. The summed E-state index contributed by atoms with van der Waals surface area (Å²) in [7, 11) is 0. The van der Waals surface area contributed by atoms with Crippen molar-refractivity contribution in [2.75, 3.05) is 0 Å². The summed E-state index contributed by atoms with van der Waals surface area (Å²) in [6, 6.07) is 2.07. The van der Waals surface area contributed by atoms with Crippen LogP contribution in [0.25, 0.3) is 17.0 Å². The van der Waals surface area contributed by atoms with E-state index >= 15 is 0 Å². The van der Waals surface area contributed by atoms with Crippen molar-refractivity contribution in [2.45, 2.75) is 6.92 Å². The number of benzene rings is 1. The van der Waals surface area contributed by atoms with Crippen LogP contribution in [0.1, 0.15) is 11.1 Å². The molecule has 1 atom stereocenters. The molecule has 1 unspecified atom stereocenters. The molecule has 1 heterocycles. The summed E-state index contributed by atoms with van der Waals surface area (Å²) in [4.78, 5) is 0. The Bertz CT molecular complexity index is 536. The first-order valence-electron chi connectivity index (χ1n) is 4.35. The lowest BCUT2D eigenvalue weighted by molar-refractivity contribution is 1.04. The number of aromatic nitrogens is 2. The lowest BCUT2D eigenvalue weighted by Gasteiger charge is -2.05. The summed E-state index contributed by atoms with van der Waals surface area (Å²) in [6.07, 6.45) is 4.24. The Morgan fingerprint density at radius 2 is 2.40 bits per heavy atom. The molecule has 2 nitrogen and oxygen atoms in total. The predicted molar refractivity (Wildman–Crippen MR) is 77.3 cm³/mol. The summed E-state index contributed by atoms with van der Waals surface area (Å²) in [6.45, 7) is 5.80. The Labute approximate surface area is 108 Å². The van der Waals surface area contributed by atoms with Crippen molar-refractivity contribution < 1.29 is 0 Å². The van der Waals surface area contributed by atoms with Crippen LogP contribution in [0.3, 0.4) is 0 Å². The Morgan fingerprint density at radius 3 is 3.00 bits per heavy atom. The zero-order chi connectivity index (χ0) is 11.0. The molecule has 0 radical (unpaired) electrons. The van der Waals surface area contributed by atoms with E-state index in [0.29, 0.717) is 6.37 Å². The molecular formula is C10H9ClIN2P. The number of halogens is 2. The average molecular weight is 351 g/mol. The van der Waals surface area contributed by atoms with E-state index in [-0.39, 0.29) is 0 Å². The third-order valence-electron chi connectivity index (χ3n) is 2.32. The molecule has 0 aliphatic rings. The maximum Gasteiger partial charge on any atom is 0.0739 e. The highest BCUT2D eigenvalue weighted by Gasteiger charge is 2.10. The first kappa shape index (κ1) is 11.4. The monoisotopic (exact) mass is 350 g/mol. The molecule has 1 aromatic carbocycles. The predicted octanol–water partition coefficient (Wildman–Crippen LogP) is 4.43. The van der Waals surface area contributed by atoms with Gasteiger partial charge in [-0.15, -0.1) is 0 Å². The van der Waals surface area contributed by atoms with Crippen molar-refractivity contribution in [3.8, 4) is 0 Å². The maximum absolute atomic E-state index is 6.22. The number of aryl methyl sites for hydroxylation is 1. The highest BCUT2D eigenvalue weighted by molar-refractivity contribution is 14.2. The van der Waals surface area contributed by atoms with E-state index in [1.54, 1.807) is 6.08 Å². The number of hydrogen-bond acceptors (Lipinski definition) is 1. The topological polar surface area (TPSA) is 17.8 Å².